The van der Waals surface area contributed by atoms with Crippen molar-refractivity contribution in [3.05, 3.63) is 190 Å². The lowest BCUT2D eigenvalue weighted by Gasteiger charge is -2.29. The molecule has 11 amide bonds. The number of benzene rings is 5. The van der Waals surface area contributed by atoms with Crippen LogP contribution in [0.4, 0.5) is 56.8 Å². The topological polar surface area (TPSA) is 556 Å². The molecule has 10 aromatic rings. The lowest BCUT2D eigenvalue weighted by molar-refractivity contribution is -0.0325. The van der Waals surface area contributed by atoms with Gasteiger partial charge in [0, 0.05) is 74.3 Å². The van der Waals surface area contributed by atoms with Crippen LogP contribution in [0.3, 0.4) is 0 Å². The molecule has 15 aliphatic rings. The van der Waals surface area contributed by atoms with Gasteiger partial charge in [0.2, 0.25) is 17.6 Å². The van der Waals surface area contributed by atoms with Crippen LogP contribution in [-0.2, 0) is 216 Å². The minimum absolute atomic E-state index is 0.0170. The fraction of sp³-hybridized carbons (Fsp3) is 0.490. The van der Waals surface area contributed by atoms with Crippen LogP contribution in [-0.4, -0.2) is 191 Å². The monoisotopic (exact) mass is 2160 g/mol. The summed E-state index contributed by atoms with van der Waals surface area (Å²) in [6.07, 6.45) is 34.9. The molecule has 0 fully saturated rings. The van der Waals surface area contributed by atoms with E-state index in [1.807, 2.05) is 0 Å². The van der Waals surface area contributed by atoms with Gasteiger partial charge in [-0.1, -0.05) is 24.3 Å². The van der Waals surface area contributed by atoms with Gasteiger partial charge in [-0.25, -0.2) is 108 Å². The highest BCUT2D eigenvalue weighted by Gasteiger charge is 2.43. The number of sulfonamides is 5. The van der Waals surface area contributed by atoms with Crippen molar-refractivity contribution in [3.8, 4) is 17.6 Å². The number of urea groups is 5. The second-order valence-corrected chi connectivity index (χ2v) is 49.6. The van der Waals surface area contributed by atoms with E-state index < -0.39 is 98.0 Å². The molecule has 42 nitrogen and oxygen atoms in total. The third-order valence-corrected chi connectivity index (χ3v) is 38.0. The van der Waals surface area contributed by atoms with Gasteiger partial charge in [0.25, 0.3) is 56.0 Å². The van der Waals surface area contributed by atoms with Gasteiger partial charge < -0.3 is 65.8 Å². The van der Waals surface area contributed by atoms with Crippen LogP contribution >= 0.6 is 0 Å². The number of carbonyl (C=O) groups is 6. The van der Waals surface area contributed by atoms with E-state index >= 15 is 0 Å². The third kappa shape index (κ3) is 20.1. The molecule has 13 N–H and O–H groups in total. The van der Waals surface area contributed by atoms with Crippen LogP contribution in [0.1, 0.15) is 223 Å². The van der Waals surface area contributed by atoms with Crippen LogP contribution in [0.5, 0.6) is 17.6 Å². The minimum atomic E-state index is -4.26. The number of nitrogens with two attached hydrogens (primary N) is 1. The Morgan fingerprint density at radius 1 is 0.427 bits per heavy atom. The van der Waals surface area contributed by atoms with E-state index in [1.54, 1.807) is 31.8 Å². The van der Waals surface area contributed by atoms with Crippen molar-refractivity contribution >= 4 is 115 Å². The molecule has 48 heteroatoms. The number of amides is 11. The summed E-state index contributed by atoms with van der Waals surface area (Å²) in [6.45, 7) is 7.05. The van der Waals surface area contributed by atoms with E-state index in [-0.39, 0.29) is 85.3 Å². The van der Waals surface area contributed by atoms with Gasteiger partial charge in [-0.2, -0.15) is 20.4 Å². The maximum absolute atomic E-state index is 14.4. The van der Waals surface area contributed by atoms with Crippen LogP contribution in [0.15, 0.2) is 85.8 Å². The van der Waals surface area contributed by atoms with Crippen molar-refractivity contribution in [1.82, 2.24) is 72.2 Å². The Kier molecular flexibility index (Phi) is 28.1. The normalized spacial score (nSPS) is 19.7. The summed E-state index contributed by atoms with van der Waals surface area (Å²) >= 11 is 0. The standard InChI is InChI=1S/C21H24FN3O3S.C21H26N4O5S.C20H23N5O4S.C20H25N5O4S.C20H24N4O5S/c22-17-8-3-10-25-11-9-18(20(17)25)29(27,28)24-21(26)23-19-15-6-1-4-13(15)12-14-5-2-7-16(14)19;1-12-14-5-3-7-16(14)19(17-8-4-6-15(12)17)23-21(26)24-31(27,28)18-9-22-25-10-13(29-2)11-30-20(18)25;1-24-8-9-25-18(19(24)26)16(11-21-25)30(28,29)23-20(27)22-17-14-6-2-4-12(14)10-13-5-3-7-15(13)17;21-8-12-10-25-19(29-11-12)17(9-22-25)30(27,28)24-20(26)23-18-15-5-1-3-13(15)7-14-4-2-6-16(14)18;1-20(26)10-24-18(29-11-20)16(9-21-24)30(27,28)23-19(25)22-17-14-6-2-4-12(14)8-13-5-3-7-15(13)17/h9,11-12,17H,1-8,10H2,(H2,23,24,26);9,13H,3-8,10-11H2,1-2H3,(H2,23,24,26);10-11H,2-9H2,1H3,(H2,22,23,27);7,9,12H,1-6,8,10-11,21H2,(H2,23,24,26);8-9,26H,2-7,10-11H2,1H3,(H2,22,23,25). The number of nitrogens with one attached hydrogen (secondary N) is 10. The number of carbonyl (C=O) groups excluding carboxylic acids is 6. The molecule has 0 saturated carbocycles. The summed E-state index contributed by atoms with van der Waals surface area (Å²) in [7, 11) is -17.7. The van der Waals surface area contributed by atoms with E-state index in [0.29, 0.717) is 58.7 Å². The molecule has 10 heterocycles. The van der Waals surface area contributed by atoms with Gasteiger partial charge in [-0.15, -0.1) is 0 Å². The number of aromatic nitrogens is 9. The van der Waals surface area contributed by atoms with Gasteiger partial charge in [0.05, 0.1) is 63.3 Å². The fourth-order valence-electron chi connectivity index (χ4n) is 24.3. The van der Waals surface area contributed by atoms with Gasteiger partial charge in [0.15, 0.2) is 14.7 Å². The number of halogens is 1. The molecule has 5 aromatic carbocycles. The lowest BCUT2D eigenvalue weighted by Crippen LogP contribution is -2.42. The van der Waals surface area contributed by atoms with E-state index in [1.165, 1.54) is 103 Å². The number of methoxy groups -OCH3 is 1. The molecule has 5 aromatic heterocycles. The Balaban J connectivity index is 0.000000109. The van der Waals surface area contributed by atoms with E-state index in [2.05, 4.69) is 102 Å². The Hall–Kier alpha value is -13.0. The Labute approximate surface area is 867 Å². The van der Waals surface area contributed by atoms with Crippen LogP contribution in [0.2, 0.25) is 0 Å². The zero-order valence-corrected chi connectivity index (χ0v) is 87.9. The highest BCUT2D eigenvalue weighted by atomic mass is 32.2. The number of aliphatic hydroxyl groups is 1. The highest BCUT2D eigenvalue weighted by Crippen LogP contribution is 2.47. The molecule has 4 unspecified atom stereocenters. The average Bonchev–Trinajstić information content (AvgIpc) is 1.62. The molecule has 0 bridgehead atoms. The molecule has 798 valence electrons. The number of hydrogen-bond acceptors (Lipinski definition) is 26. The Bertz CT molecular complexity index is 7680. The summed E-state index contributed by atoms with van der Waals surface area (Å²) in [5.41, 5.74) is 33.9. The van der Waals surface area contributed by atoms with Gasteiger partial charge in [-0.3, -0.25) is 9.48 Å². The number of fused-ring (bicyclic) bond motifs is 15. The number of ether oxygens (including phenoxy) is 4. The first-order valence-corrected chi connectivity index (χ1v) is 59.0. The molecular weight excluding hydrogens is 2030 g/mol. The first kappa shape index (κ1) is 103. The number of aryl methyl sites for hydroxylation is 9. The number of likely N-dealkylation sites (N-methyl/N-ethyl adjacent to an activating group) is 1. The predicted molar refractivity (Wildman–Crippen MR) is 548 cm³/mol. The molecule has 0 spiro atoms. The summed E-state index contributed by atoms with van der Waals surface area (Å²) < 4.78 is 182. The molecule has 4 atom stereocenters. The summed E-state index contributed by atoms with van der Waals surface area (Å²) in [5, 5.41) is 40.4. The van der Waals surface area contributed by atoms with Crippen LogP contribution in [0, 0.1) is 12.8 Å². The Morgan fingerprint density at radius 3 is 1.15 bits per heavy atom. The number of rotatable bonds is 17. The van der Waals surface area contributed by atoms with E-state index in [9.17, 15) is 80.4 Å². The van der Waals surface area contributed by atoms with Crippen molar-refractivity contribution in [2.45, 2.75) is 294 Å². The smallest absolute Gasteiger partial charge is 0.333 e. The third-order valence-electron chi connectivity index (χ3n) is 31.4. The largest absolute Gasteiger partial charge is 0.476 e. The van der Waals surface area contributed by atoms with Crippen molar-refractivity contribution < 1.29 is 99.3 Å². The number of nitrogens with zero attached hydrogens (tertiary/aromatic N) is 10. The van der Waals surface area contributed by atoms with Crippen molar-refractivity contribution in [2.75, 3.05) is 73.7 Å². The SMILES string of the molecule is CC1(O)COc2c(S(=O)(=O)NC(=O)Nc3c4c(cc5c3CCC5)CCC4)cnn2C1.CN1CCn2ncc(S(=O)(=O)NC(=O)Nc3c4c(cc5c3CCC5)CCC4)c2C1=O.COC1COc2c(S(=O)(=O)NC(=O)Nc3c4c(c(C)c5c3CCC5)CCC4)cnn2C1.NCC1COc2c(S(=O)(=O)NC(=O)Nc3c4c(cc5c3CCC5)CCC4)cnn2C1.O=C(Nc1c2c(cc3c1CCC3)CCC2)NS(=O)(=O)c1ccn2c1C(F)CCC2. The highest BCUT2D eigenvalue weighted by molar-refractivity contribution is 7.91. The van der Waals surface area contributed by atoms with Crippen LogP contribution in [0.25, 0.3) is 0 Å². The second kappa shape index (κ2) is 41.0. The maximum Gasteiger partial charge on any atom is 0.333 e. The zero-order chi connectivity index (χ0) is 105. The summed E-state index contributed by atoms with van der Waals surface area (Å²) in [5.74, 6) is -0.0831. The van der Waals surface area contributed by atoms with Gasteiger partial charge in [0.1, 0.15) is 46.6 Å². The average molecular weight is 2160 g/mol. The first-order valence-electron chi connectivity index (χ1n) is 51.5. The lowest BCUT2D eigenvalue weighted by atomic mass is 9.93. The number of hydrogen-bond donors (Lipinski definition) is 12. The van der Waals surface area contributed by atoms with E-state index in [0.717, 1.165) is 289 Å². The molecule has 10 aliphatic carbocycles. The predicted octanol–water partition coefficient (Wildman–Crippen LogP) is 10.2. The molecule has 5 aliphatic heterocycles. The van der Waals surface area contributed by atoms with Gasteiger partial charge >= 0.3 is 30.2 Å². The minimum Gasteiger partial charge on any atom is -0.476 e. The fourth-order valence-corrected chi connectivity index (χ4v) is 29.5. The van der Waals surface area contributed by atoms with Crippen LogP contribution < -0.4 is 70.1 Å². The molecule has 25 rings (SSSR count). The maximum atomic E-state index is 14.4. The first-order chi connectivity index (χ1) is 71.9. The molecule has 150 heavy (non-hydrogen) atoms. The second-order valence-electron chi connectivity index (χ2n) is 41.4. The quantitative estimate of drug-likeness (QED) is 0.0403. The van der Waals surface area contributed by atoms with E-state index in [4.69, 9.17) is 24.7 Å². The molecular formula is C102H122FN21O21S5. The zero-order valence-electron chi connectivity index (χ0n) is 83.8. The number of alkyl halides is 1. The van der Waals surface area contributed by atoms with Crippen molar-refractivity contribution in [1.29, 1.82) is 0 Å². The molecule has 0 radical (unpaired) electrons. The Morgan fingerprint density at radius 2 is 0.753 bits per heavy atom. The van der Waals surface area contributed by atoms with Crippen molar-refractivity contribution in [2.24, 2.45) is 11.7 Å². The summed E-state index contributed by atoms with van der Waals surface area (Å²) in [6, 6.07) is 6.44. The van der Waals surface area contributed by atoms with Gasteiger partial charge in [-0.05, 0) is 342 Å². The van der Waals surface area contributed by atoms with Crippen molar-refractivity contribution in [3.63, 3.8) is 0 Å². The number of anilines is 5. The molecule has 0 saturated heterocycles. The summed E-state index contributed by atoms with van der Waals surface area (Å²) in [4.78, 5) is 76.5.